The maximum Gasteiger partial charge on any atom is 0.220 e. The Hall–Kier alpha value is -1.85. The lowest BCUT2D eigenvalue weighted by atomic mass is 9.76. The number of hydrogen-bond acceptors (Lipinski definition) is 3. The summed E-state index contributed by atoms with van der Waals surface area (Å²) in [4.78, 5) is 3.99. The van der Waals surface area contributed by atoms with Gasteiger partial charge < -0.3 is 13.6 Å². The molecule has 0 spiro atoms. The average Bonchev–Trinajstić information content (AvgIpc) is 3.32. The Bertz CT molecular complexity index is 1030. The summed E-state index contributed by atoms with van der Waals surface area (Å²) in [6.07, 6.45) is 7.75. The van der Waals surface area contributed by atoms with Crippen LogP contribution in [0.4, 0.5) is 0 Å². The third-order valence-corrected chi connectivity index (χ3v) is 7.77. The van der Waals surface area contributed by atoms with Gasteiger partial charge in [-0.25, -0.2) is 4.98 Å². The second kappa shape index (κ2) is 11.3. The lowest BCUT2D eigenvalue weighted by molar-refractivity contribution is -0.905. The van der Waals surface area contributed by atoms with Gasteiger partial charge in [0.15, 0.2) is 5.76 Å². The number of halogens is 2. The molecular weight excluding hydrogens is 467 g/mol. The molecule has 182 valence electrons. The standard InChI is InChI=1S/C28H35Cl2N2O2/c1-32(2,17-18-33-21-22-13-15-25(29)16-14-22)20-26-19-31-27(34-26)28(30,23-9-5-3-6-10-23)24-11-7-4-8-12-24/h3,5-6,9-10,13-16,19,24H,4,7-8,11-12,17-18,20-21H2,1-2H3/q+1/t28-/m0/s1. The third-order valence-electron chi connectivity index (χ3n) is 6.83. The number of rotatable bonds is 10. The number of ether oxygens (including phenoxy) is 1. The lowest BCUT2D eigenvalue weighted by Gasteiger charge is -2.36. The van der Waals surface area contributed by atoms with Crippen LogP contribution >= 0.6 is 23.2 Å². The second-order valence-corrected chi connectivity index (χ2v) is 11.1. The van der Waals surface area contributed by atoms with Crippen LogP contribution in [0.15, 0.2) is 65.2 Å². The molecule has 3 aromatic rings. The number of oxazole rings is 1. The quantitative estimate of drug-likeness (QED) is 0.167. The zero-order valence-corrected chi connectivity index (χ0v) is 21.7. The highest BCUT2D eigenvalue weighted by Gasteiger charge is 2.45. The molecule has 1 atom stereocenters. The molecule has 0 aliphatic heterocycles. The second-order valence-electron chi connectivity index (χ2n) is 10.0. The summed E-state index contributed by atoms with van der Waals surface area (Å²) in [7, 11) is 4.36. The van der Waals surface area contributed by atoms with Crippen molar-refractivity contribution in [1.29, 1.82) is 0 Å². The van der Waals surface area contributed by atoms with Crippen LogP contribution in [0.5, 0.6) is 0 Å². The van der Waals surface area contributed by atoms with Gasteiger partial charge in [0.2, 0.25) is 5.89 Å². The third kappa shape index (κ3) is 6.23. The molecule has 6 heteroatoms. The van der Waals surface area contributed by atoms with E-state index in [0.717, 1.165) is 52.3 Å². The molecule has 0 saturated heterocycles. The summed E-state index contributed by atoms with van der Waals surface area (Å²) >= 11 is 13.4. The van der Waals surface area contributed by atoms with Gasteiger partial charge in [0, 0.05) is 5.02 Å². The number of quaternary nitrogens is 1. The summed E-state index contributed by atoms with van der Waals surface area (Å²) in [6, 6.07) is 18.1. The minimum Gasteiger partial charge on any atom is -0.437 e. The van der Waals surface area contributed by atoms with Crippen molar-refractivity contribution in [3.05, 3.63) is 88.6 Å². The van der Waals surface area contributed by atoms with Crippen molar-refractivity contribution < 1.29 is 13.6 Å². The maximum atomic E-state index is 7.43. The van der Waals surface area contributed by atoms with E-state index in [0.29, 0.717) is 25.0 Å². The highest BCUT2D eigenvalue weighted by Crippen LogP contribution is 2.48. The molecular formula is C28H35Cl2N2O2+. The van der Waals surface area contributed by atoms with Crippen molar-refractivity contribution in [2.45, 2.75) is 50.1 Å². The summed E-state index contributed by atoms with van der Waals surface area (Å²) in [5.41, 5.74) is 2.19. The fraction of sp³-hybridized carbons (Fsp3) is 0.464. The van der Waals surface area contributed by atoms with Crippen molar-refractivity contribution in [2.24, 2.45) is 5.92 Å². The average molecular weight is 503 g/mol. The van der Waals surface area contributed by atoms with Gasteiger partial charge in [-0.05, 0) is 42.0 Å². The lowest BCUT2D eigenvalue weighted by Crippen LogP contribution is -2.41. The molecule has 0 N–H and O–H groups in total. The van der Waals surface area contributed by atoms with Crippen LogP contribution < -0.4 is 0 Å². The van der Waals surface area contributed by atoms with Crippen molar-refractivity contribution in [2.75, 3.05) is 27.2 Å². The number of alkyl halides is 1. The zero-order chi connectivity index (χ0) is 24.0. The van der Waals surface area contributed by atoms with Crippen LogP contribution in [0.3, 0.4) is 0 Å². The Morgan fingerprint density at radius 1 is 1.03 bits per heavy atom. The first-order valence-corrected chi connectivity index (χ1v) is 13.0. The first-order chi connectivity index (χ1) is 16.4. The molecule has 1 aliphatic rings. The van der Waals surface area contributed by atoms with E-state index in [9.17, 15) is 0 Å². The Labute approximate surface area is 213 Å². The number of hydrogen-bond donors (Lipinski definition) is 0. The van der Waals surface area contributed by atoms with Crippen LogP contribution in [0.25, 0.3) is 0 Å². The molecule has 0 bridgehead atoms. The molecule has 2 aromatic carbocycles. The van der Waals surface area contributed by atoms with E-state index in [1.807, 2.05) is 48.7 Å². The molecule has 1 saturated carbocycles. The minimum atomic E-state index is -0.723. The fourth-order valence-electron chi connectivity index (χ4n) is 4.85. The largest absolute Gasteiger partial charge is 0.437 e. The van der Waals surface area contributed by atoms with E-state index in [-0.39, 0.29) is 0 Å². The van der Waals surface area contributed by atoms with E-state index >= 15 is 0 Å². The summed E-state index contributed by atoms with van der Waals surface area (Å²) in [5.74, 6) is 1.80. The van der Waals surface area contributed by atoms with Gasteiger partial charge in [0.25, 0.3) is 0 Å². The SMILES string of the molecule is C[N+](C)(CCOCc1ccc(Cl)cc1)Cc1cnc([C@](Cl)(c2ccccc2)C2CCCCC2)o1. The normalized spacial score (nSPS) is 16.9. The van der Waals surface area contributed by atoms with Gasteiger partial charge in [0.1, 0.15) is 18.0 Å². The predicted octanol–water partition coefficient (Wildman–Crippen LogP) is 7.18. The first kappa shape index (κ1) is 25.2. The van der Waals surface area contributed by atoms with Gasteiger partial charge >= 0.3 is 0 Å². The summed E-state index contributed by atoms with van der Waals surface area (Å²) in [5, 5.41) is 0.740. The first-order valence-electron chi connectivity index (χ1n) is 12.2. The minimum absolute atomic E-state index is 0.320. The van der Waals surface area contributed by atoms with Crippen molar-refractivity contribution in [3.8, 4) is 0 Å². The number of likely N-dealkylation sites (N-methyl/N-ethyl adjacent to an activating group) is 1. The topological polar surface area (TPSA) is 35.3 Å². The monoisotopic (exact) mass is 501 g/mol. The zero-order valence-electron chi connectivity index (χ0n) is 20.2. The van der Waals surface area contributed by atoms with Gasteiger partial charge in [0.05, 0.1) is 33.5 Å². The van der Waals surface area contributed by atoms with Gasteiger partial charge in [-0.1, -0.05) is 73.3 Å². The smallest absolute Gasteiger partial charge is 0.220 e. The van der Waals surface area contributed by atoms with Crippen LogP contribution in [0, 0.1) is 5.92 Å². The van der Waals surface area contributed by atoms with Crippen molar-refractivity contribution in [1.82, 2.24) is 4.98 Å². The number of aromatic nitrogens is 1. The van der Waals surface area contributed by atoms with Gasteiger partial charge in [-0.15, -0.1) is 11.6 Å². The van der Waals surface area contributed by atoms with Gasteiger partial charge in [-0.3, -0.25) is 0 Å². The molecule has 1 aromatic heterocycles. The predicted molar refractivity (Wildman–Crippen MR) is 138 cm³/mol. The molecule has 1 fully saturated rings. The van der Waals surface area contributed by atoms with Crippen LogP contribution in [-0.4, -0.2) is 36.7 Å². The number of benzene rings is 2. The van der Waals surface area contributed by atoms with Crippen LogP contribution in [0.2, 0.25) is 5.02 Å². The summed E-state index contributed by atoms with van der Waals surface area (Å²) in [6.45, 7) is 2.82. The Morgan fingerprint density at radius 3 is 2.44 bits per heavy atom. The van der Waals surface area contributed by atoms with Crippen molar-refractivity contribution in [3.63, 3.8) is 0 Å². The molecule has 4 rings (SSSR count). The van der Waals surface area contributed by atoms with Gasteiger partial charge in [-0.2, -0.15) is 0 Å². The van der Waals surface area contributed by atoms with Crippen LogP contribution in [-0.2, 0) is 22.8 Å². The molecule has 0 unspecified atom stereocenters. The van der Waals surface area contributed by atoms with E-state index in [1.165, 1.54) is 19.3 Å². The number of nitrogens with zero attached hydrogens (tertiary/aromatic N) is 2. The fourth-order valence-corrected chi connectivity index (χ4v) is 5.40. The Morgan fingerprint density at radius 2 is 1.74 bits per heavy atom. The molecule has 4 nitrogen and oxygen atoms in total. The molecule has 0 amide bonds. The molecule has 0 radical (unpaired) electrons. The maximum absolute atomic E-state index is 7.43. The molecule has 34 heavy (non-hydrogen) atoms. The van der Waals surface area contributed by atoms with Crippen LogP contribution in [0.1, 0.15) is 54.9 Å². The Balaban J connectivity index is 1.40. The van der Waals surface area contributed by atoms with E-state index in [2.05, 4.69) is 26.2 Å². The summed E-state index contributed by atoms with van der Waals surface area (Å²) < 4.78 is 13.0. The van der Waals surface area contributed by atoms with E-state index in [4.69, 9.17) is 37.3 Å². The molecule has 1 aliphatic carbocycles. The van der Waals surface area contributed by atoms with E-state index < -0.39 is 4.87 Å². The highest BCUT2D eigenvalue weighted by atomic mass is 35.5. The van der Waals surface area contributed by atoms with E-state index in [1.54, 1.807) is 0 Å². The highest BCUT2D eigenvalue weighted by molar-refractivity contribution is 6.30. The Kier molecular flexibility index (Phi) is 8.36. The van der Waals surface area contributed by atoms with Crippen molar-refractivity contribution >= 4 is 23.2 Å². The molecule has 1 heterocycles.